The van der Waals surface area contributed by atoms with Crippen LogP contribution < -0.4 is 0 Å². The van der Waals surface area contributed by atoms with Gasteiger partial charge in [-0.15, -0.1) is 0 Å². The number of unbranched alkanes of at least 4 members (excludes halogenated alkanes) is 2. The normalized spacial score (nSPS) is 21.3. The monoisotopic (exact) mass is 314 g/mol. The molecule has 0 bridgehead atoms. The Bertz CT molecular complexity index is 451. The molecule has 1 aromatic carbocycles. The van der Waals surface area contributed by atoms with Crippen LogP contribution in [0.2, 0.25) is 0 Å². The van der Waals surface area contributed by atoms with Crippen LogP contribution in [-0.2, 0) is 6.42 Å². The Labute approximate surface area is 142 Å². The van der Waals surface area contributed by atoms with Crippen molar-refractivity contribution in [2.45, 2.75) is 84.5 Å². The molecule has 0 aliphatic heterocycles. The van der Waals surface area contributed by atoms with E-state index in [0.29, 0.717) is 11.7 Å². The van der Waals surface area contributed by atoms with E-state index in [1.807, 2.05) is 12.1 Å². The molecule has 1 nitrogen and oxygen atoms in total. The van der Waals surface area contributed by atoms with E-state index in [1.165, 1.54) is 56.9 Å². The zero-order valence-electron chi connectivity index (χ0n) is 15.2. The lowest BCUT2D eigenvalue weighted by atomic mass is 9.77. The van der Waals surface area contributed by atoms with Crippen molar-refractivity contribution in [1.82, 2.24) is 0 Å². The Balaban J connectivity index is 1.74. The van der Waals surface area contributed by atoms with Gasteiger partial charge in [0.15, 0.2) is 5.78 Å². The molecule has 1 fully saturated rings. The minimum Gasteiger partial charge on any atom is -0.294 e. The minimum absolute atomic E-state index is 0.350. The molecule has 0 amide bonds. The van der Waals surface area contributed by atoms with E-state index in [-0.39, 0.29) is 0 Å². The minimum atomic E-state index is 0.350. The van der Waals surface area contributed by atoms with Gasteiger partial charge in [-0.05, 0) is 36.7 Å². The summed E-state index contributed by atoms with van der Waals surface area (Å²) in [6.45, 7) is 4.47. The number of hydrogen-bond acceptors (Lipinski definition) is 1. The lowest BCUT2D eigenvalue weighted by Gasteiger charge is -2.28. The summed E-state index contributed by atoms with van der Waals surface area (Å²) in [5, 5.41) is 0. The summed E-state index contributed by atoms with van der Waals surface area (Å²) in [5.74, 6) is 1.91. The highest BCUT2D eigenvalue weighted by Crippen LogP contribution is 2.34. The van der Waals surface area contributed by atoms with Gasteiger partial charge in [-0.25, -0.2) is 0 Å². The number of benzene rings is 1. The van der Waals surface area contributed by atoms with Crippen LogP contribution >= 0.6 is 0 Å². The smallest absolute Gasteiger partial charge is 0.163 e. The Morgan fingerprint density at radius 1 is 0.913 bits per heavy atom. The van der Waals surface area contributed by atoms with Gasteiger partial charge in [0.05, 0.1) is 0 Å². The van der Waals surface area contributed by atoms with E-state index in [1.54, 1.807) is 0 Å². The highest BCUT2D eigenvalue weighted by atomic mass is 16.1. The number of Topliss-reactive ketones (excluding diaryl/α,β-unsaturated/α-hetero) is 1. The van der Waals surface area contributed by atoms with E-state index >= 15 is 0 Å². The second-order valence-electron chi connectivity index (χ2n) is 7.46. The van der Waals surface area contributed by atoms with Gasteiger partial charge in [0, 0.05) is 12.0 Å². The SMILES string of the molecule is CCCCCC1CCC(CC(=O)c2ccc(CCC)cc2)CC1. The van der Waals surface area contributed by atoms with Gasteiger partial charge in [0.2, 0.25) is 0 Å². The van der Waals surface area contributed by atoms with E-state index < -0.39 is 0 Å². The van der Waals surface area contributed by atoms with E-state index in [4.69, 9.17) is 0 Å². The molecule has 0 aromatic heterocycles. The van der Waals surface area contributed by atoms with Crippen LogP contribution in [0, 0.1) is 11.8 Å². The molecule has 2 rings (SSSR count). The first-order valence-corrected chi connectivity index (χ1v) is 9.85. The lowest BCUT2D eigenvalue weighted by molar-refractivity contribution is 0.0941. The van der Waals surface area contributed by atoms with Crippen LogP contribution in [0.15, 0.2) is 24.3 Å². The number of aryl methyl sites for hydroxylation is 1. The zero-order valence-corrected chi connectivity index (χ0v) is 15.2. The Morgan fingerprint density at radius 2 is 1.57 bits per heavy atom. The van der Waals surface area contributed by atoms with Gasteiger partial charge in [-0.1, -0.05) is 83.1 Å². The fourth-order valence-corrected chi connectivity index (χ4v) is 3.93. The van der Waals surface area contributed by atoms with Gasteiger partial charge in [0.1, 0.15) is 0 Å². The molecule has 0 heterocycles. The third-order valence-electron chi connectivity index (χ3n) is 5.47. The molecule has 0 radical (unpaired) electrons. The van der Waals surface area contributed by atoms with Gasteiger partial charge in [-0.3, -0.25) is 4.79 Å². The van der Waals surface area contributed by atoms with Crippen molar-refractivity contribution in [1.29, 1.82) is 0 Å². The van der Waals surface area contributed by atoms with Gasteiger partial charge < -0.3 is 0 Å². The van der Waals surface area contributed by atoms with Crippen LogP contribution in [-0.4, -0.2) is 5.78 Å². The summed E-state index contributed by atoms with van der Waals surface area (Å²) >= 11 is 0. The van der Waals surface area contributed by atoms with Crippen molar-refractivity contribution in [3.63, 3.8) is 0 Å². The molecule has 128 valence electrons. The topological polar surface area (TPSA) is 17.1 Å². The maximum absolute atomic E-state index is 12.5. The van der Waals surface area contributed by atoms with Gasteiger partial charge in [0.25, 0.3) is 0 Å². The maximum atomic E-state index is 12.5. The third-order valence-corrected chi connectivity index (χ3v) is 5.47. The molecular formula is C22H34O. The van der Waals surface area contributed by atoms with Crippen molar-refractivity contribution in [2.24, 2.45) is 11.8 Å². The standard InChI is InChI=1S/C22H34O/c1-3-5-6-8-19-9-11-20(12-10-19)17-22(23)21-15-13-18(7-4-2)14-16-21/h13-16,19-20H,3-12,17H2,1-2H3. The average molecular weight is 315 g/mol. The van der Waals surface area contributed by atoms with E-state index in [0.717, 1.165) is 30.7 Å². The molecule has 0 N–H and O–H groups in total. The summed E-state index contributed by atoms with van der Waals surface area (Å²) in [5.41, 5.74) is 2.26. The van der Waals surface area contributed by atoms with Crippen molar-refractivity contribution >= 4 is 5.78 Å². The molecule has 0 atom stereocenters. The molecule has 1 saturated carbocycles. The van der Waals surface area contributed by atoms with Crippen LogP contribution in [0.5, 0.6) is 0 Å². The Morgan fingerprint density at radius 3 is 2.17 bits per heavy atom. The molecule has 1 aliphatic rings. The molecular weight excluding hydrogens is 280 g/mol. The molecule has 0 spiro atoms. The van der Waals surface area contributed by atoms with Crippen molar-refractivity contribution < 1.29 is 4.79 Å². The summed E-state index contributed by atoms with van der Waals surface area (Å²) in [6.07, 6.45) is 13.7. The first-order chi connectivity index (χ1) is 11.2. The Kier molecular flexibility index (Phi) is 7.85. The summed E-state index contributed by atoms with van der Waals surface area (Å²) in [4.78, 5) is 12.5. The first kappa shape index (κ1) is 18.2. The predicted molar refractivity (Wildman–Crippen MR) is 99.0 cm³/mol. The number of ketones is 1. The molecule has 1 aliphatic carbocycles. The third kappa shape index (κ3) is 6.12. The number of carbonyl (C=O) groups excluding carboxylic acids is 1. The molecule has 0 saturated heterocycles. The first-order valence-electron chi connectivity index (χ1n) is 9.85. The average Bonchev–Trinajstić information content (AvgIpc) is 2.57. The number of rotatable bonds is 9. The molecule has 1 aromatic rings. The fourth-order valence-electron chi connectivity index (χ4n) is 3.93. The van der Waals surface area contributed by atoms with Gasteiger partial charge in [-0.2, -0.15) is 0 Å². The number of hydrogen-bond donors (Lipinski definition) is 0. The highest BCUT2D eigenvalue weighted by molar-refractivity contribution is 5.96. The molecule has 23 heavy (non-hydrogen) atoms. The van der Waals surface area contributed by atoms with Crippen LogP contribution in [0.3, 0.4) is 0 Å². The van der Waals surface area contributed by atoms with E-state index in [9.17, 15) is 4.79 Å². The second kappa shape index (κ2) is 9.90. The van der Waals surface area contributed by atoms with Crippen LogP contribution in [0.1, 0.15) is 94.0 Å². The lowest BCUT2D eigenvalue weighted by Crippen LogP contribution is -2.17. The predicted octanol–water partition coefficient (Wildman–Crippen LogP) is 6.60. The molecule has 1 heteroatoms. The summed E-state index contributed by atoms with van der Waals surface area (Å²) in [6, 6.07) is 8.32. The Hall–Kier alpha value is -1.11. The number of carbonyl (C=O) groups is 1. The van der Waals surface area contributed by atoms with Crippen molar-refractivity contribution in [2.75, 3.05) is 0 Å². The van der Waals surface area contributed by atoms with Crippen molar-refractivity contribution in [3.05, 3.63) is 35.4 Å². The zero-order chi connectivity index (χ0) is 16.5. The summed E-state index contributed by atoms with van der Waals surface area (Å²) < 4.78 is 0. The van der Waals surface area contributed by atoms with Gasteiger partial charge >= 0.3 is 0 Å². The van der Waals surface area contributed by atoms with E-state index in [2.05, 4.69) is 26.0 Å². The van der Waals surface area contributed by atoms with Crippen LogP contribution in [0.25, 0.3) is 0 Å². The van der Waals surface area contributed by atoms with Crippen LogP contribution in [0.4, 0.5) is 0 Å². The molecule has 0 unspecified atom stereocenters. The second-order valence-corrected chi connectivity index (χ2v) is 7.46. The maximum Gasteiger partial charge on any atom is 0.163 e. The highest BCUT2D eigenvalue weighted by Gasteiger charge is 2.23. The van der Waals surface area contributed by atoms with Crippen molar-refractivity contribution in [3.8, 4) is 0 Å². The quantitative estimate of drug-likeness (QED) is 0.371. The fraction of sp³-hybridized carbons (Fsp3) is 0.682. The summed E-state index contributed by atoms with van der Waals surface area (Å²) in [7, 11) is 0. The largest absolute Gasteiger partial charge is 0.294 e.